The molecule has 27 heavy (non-hydrogen) atoms. The topological polar surface area (TPSA) is 58.6 Å². The maximum absolute atomic E-state index is 12.7. The Hall–Kier alpha value is -1.73. The summed E-state index contributed by atoms with van der Waals surface area (Å²) in [4.78, 5) is 0. The fraction of sp³-hybridized carbons (Fsp3) is 0.429. The van der Waals surface area contributed by atoms with E-state index in [0.29, 0.717) is 26.1 Å². The van der Waals surface area contributed by atoms with Crippen molar-refractivity contribution in [3.8, 4) is 0 Å². The molecule has 0 amide bonds. The molecule has 2 aromatic carbocycles. The van der Waals surface area contributed by atoms with Gasteiger partial charge in [-0.3, -0.25) is 0 Å². The van der Waals surface area contributed by atoms with Gasteiger partial charge in [-0.15, -0.1) is 0 Å². The van der Waals surface area contributed by atoms with E-state index in [9.17, 15) is 8.42 Å². The van der Waals surface area contributed by atoms with Crippen LogP contribution in [0.15, 0.2) is 60.7 Å². The summed E-state index contributed by atoms with van der Waals surface area (Å²) in [6.07, 6.45) is 0.515. The van der Waals surface area contributed by atoms with E-state index in [2.05, 4.69) is 29.0 Å². The third kappa shape index (κ3) is 5.39. The molecule has 2 aromatic rings. The molecular formula is C21H28N2O3S. The highest BCUT2D eigenvalue weighted by molar-refractivity contribution is 7.87. The van der Waals surface area contributed by atoms with Crippen molar-refractivity contribution in [2.45, 2.75) is 38.4 Å². The summed E-state index contributed by atoms with van der Waals surface area (Å²) < 4.78 is 35.3. The Morgan fingerprint density at radius 2 is 1.44 bits per heavy atom. The second kappa shape index (κ2) is 8.97. The lowest BCUT2D eigenvalue weighted by molar-refractivity contribution is -0.0443. The summed E-state index contributed by atoms with van der Waals surface area (Å²) >= 11 is 0. The van der Waals surface area contributed by atoms with Crippen LogP contribution in [0.2, 0.25) is 0 Å². The van der Waals surface area contributed by atoms with Crippen LogP contribution in [0.5, 0.6) is 0 Å². The summed E-state index contributed by atoms with van der Waals surface area (Å²) in [5, 5.41) is 0. The minimum Gasteiger partial charge on any atom is -0.373 e. The molecule has 0 radical (unpaired) electrons. The summed E-state index contributed by atoms with van der Waals surface area (Å²) in [6.45, 7) is 4.97. The zero-order valence-electron chi connectivity index (χ0n) is 15.9. The molecular weight excluding hydrogens is 360 g/mol. The maximum Gasteiger partial charge on any atom is 0.279 e. The molecule has 0 bridgehead atoms. The van der Waals surface area contributed by atoms with Crippen molar-refractivity contribution >= 4 is 10.2 Å². The fourth-order valence-electron chi connectivity index (χ4n) is 3.65. The van der Waals surface area contributed by atoms with E-state index in [4.69, 9.17) is 4.74 Å². The molecule has 146 valence electrons. The Balaban J connectivity index is 1.67. The van der Waals surface area contributed by atoms with E-state index < -0.39 is 10.2 Å². The largest absolute Gasteiger partial charge is 0.373 e. The Morgan fingerprint density at radius 3 is 1.93 bits per heavy atom. The van der Waals surface area contributed by atoms with Crippen LogP contribution in [-0.4, -0.2) is 44.6 Å². The minimum atomic E-state index is -3.51. The average molecular weight is 389 g/mol. The molecule has 1 aliphatic heterocycles. The first-order valence-electron chi connectivity index (χ1n) is 9.46. The molecule has 2 atom stereocenters. The van der Waals surface area contributed by atoms with Gasteiger partial charge in [-0.2, -0.15) is 12.7 Å². The van der Waals surface area contributed by atoms with Crippen LogP contribution in [0.3, 0.4) is 0 Å². The van der Waals surface area contributed by atoms with E-state index in [1.165, 1.54) is 15.4 Å². The van der Waals surface area contributed by atoms with Gasteiger partial charge in [0.05, 0.1) is 12.2 Å². The molecule has 0 aromatic heterocycles. The summed E-state index contributed by atoms with van der Waals surface area (Å²) in [7, 11) is -3.51. The highest BCUT2D eigenvalue weighted by Crippen LogP contribution is 2.27. The highest BCUT2D eigenvalue weighted by Gasteiger charge is 2.30. The molecule has 1 fully saturated rings. The van der Waals surface area contributed by atoms with E-state index in [1.54, 1.807) is 0 Å². The Kier molecular flexibility index (Phi) is 6.65. The third-order valence-corrected chi connectivity index (χ3v) is 6.39. The summed E-state index contributed by atoms with van der Waals surface area (Å²) in [5.41, 5.74) is 2.38. The third-order valence-electron chi connectivity index (χ3n) is 4.85. The van der Waals surface area contributed by atoms with Crippen LogP contribution in [0.4, 0.5) is 0 Å². The predicted octanol–water partition coefficient (Wildman–Crippen LogP) is 3.15. The zero-order chi connectivity index (χ0) is 19.3. The molecule has 6 heteroatoms. The van der Waals surface area contributed by atoms with Crippen molar-refractivity contribution in [3.05, 3.63) is 71.8 Å². The second-order valence-corrected chi connectivity index (χ2v) is 8.89. The molecule has 0 saturated carbocycles. The minimum absolute atomic E-state index is 0.0910. The van der Waals surface area contributed by atoms with E-state index in [-0.39, 0.29) is 18.1 Å². The van der Waals surface area contributed by atoms with E-state index in [1.807, 2.05) is 50.2 Å². The standard InChI is InChI=1S/C21H28N2O3S/c1-17-15-23(16-18(2)26-17)27(24,25)22-14-13-21(19-9-5-3-6-10-19)20-11-7-4-8-12-20/h3-12,17-18,21-22H,13-16H2,1-2H3/t17-,18-/m0/s1. The molecule has 5 nitrogen and oxygen atoms in total. The predicted molar refractivity (Wildman–Crippen MR) is 108 cm³/mol. The summed E-state index contributed by atoms with van der Waals surface area (Å²) in [6, 6.07) is 20.4. The van der Waals surface area contributed by atoms with Crippen LogP contribution in [0, 0.1) is 0 Å². The van der Waals surface area contributed by atoms with E-state index in [0.717, 1.165) is 0 Å². The van der Waals surface area contributed by atoms with Crippen LogP contribution >= 0.6 is 0 Å². The molecule has 1 aliphatic rings. The number of benzene rings is 2. The van der Waals surface area contributed by atoms with E-state index >= 15 is 0 Å². The fourth-order valence-corrected chi connectivity index (χ4v) is 5.02. The van der Waals surface area contributed by atoms with Crippen molar-refractivity contribution < 1.29 is 13.2 Å². The number of hydrogen-bond donors (Lipinski definition) is 1. The number of rotatable bonds is 7. The van der Waals surface area contributed by atoms with Crippen LogP contribution < -0.4 is 4.72 Å². The summed E-state index contributed by atoms with van der Waals surface area (Å²) in [5.74, 6) is 0.151. The van der Waals surface area contributed by atoms with Gasteiger partial charge in [0.25, 0.3) is 10.2 Å². The van der Waals surface area contributed by atoms with Gasteiger partial charge >= 0.3 is 0 Å². The van der Waals surface area contributed by atoms with Gasteiger partial charge in [-0.1, -0.05) is 60.7 Å². The van der Waals surface area contributed by atoms with Gasteiger partial charge in [0, 0.05) is 25.6 Å². The Labute approximate surface area is 162 Å². The highest BCUT2D eigenvalue weighted by atomic mass is 32.2. The van der Waals surface area contributed by atoms with Crippen LogP contribution in [-0.2, 0) is 14.9 Å². The van der Waals surface area contributed by atoms with Crippen molar-refractivity contribution in [2.24, 2.45) is 0 Å². The lowest BCUT2D eigenvalue weighted by Gasteiger charge is -2.34. The molecule has 3 rings (SSSR count). The zero-order valence-corrected chi connectivity index (χ0v) is 16.7. The first-order valence-corrected chi connectivity index (χ1v) is 10.9. The first kappa shape index (κ1) is 20.0. The monoisotopic (exact) mass is 388 g/mol. The van der Waals surface area contributed by atoms with Crippen LogP contribution in [0.25, 0.3) is 0 Å². The van der Waals surface area contributed by atoms with Gasteiger partial charge in [0.2, 0.25) is 0 Å². The number of nitrogens with zero attached hydrogens (tertiary/aromatic N) is 1. The lowest BCUT2D eigenvalue weighted by Crippen LogP contribution is -2.52. The molecule has 1 heterocycles. The Morgan fingerprint density at radius 1 is 0.963 bits per heavy atom. The average Bonchev–Trinajstić information content (AvgIpc) is 2.66. The molecule has 1 N–H and O–H groups in total. The SMILES string of the molecule is C[C@H]1CN(S(=O)(=O)NCCC(c2ccccc2)c2ccccc2)C[C@H](C)O1. The smallest absolute Gasteiger partial charge is 0.279 e. The van der Waals surface area contributed by atoms with Crippen molar-refractivity contribution in [1.82, 2.24) is 9.03 Å². The number of ether oxygens (including phenoxy) is 1. The normalized spacial score (nSPS) is 21.4. The van der Waals surface area contributed by atoms with Crippen molar-refractivity contribution in [1.29, 1.82) is 0 Å². The van der Waals surface area contributed by atoms with Crippen molar-refractivity contribution in [2.75, 3.05) is 19.6 Å². The molecule has 0 spiro atoms. The van der Waals surface area contributed by atoms with Gasteiger partial charge < -0.3 is 4.74 Å². The van der Waals surface area contributed by atoms with Gasteiger partial charge in [0.15, 0.2) is 0 Å². The quantitative estimate of drug-likeness (QED) is 0.793. The van der Waals surface area contributed by atoms with Crippen LogP contribution in [0.1, 0.15) is 37.3 Å². The lowest BCUT2D eigenvalue weighted by atomic mass is 9.89. The first-order chi connectivity index (χ1) is 13.0. The number of morpholine rings is 1. The maximum atomic E-state index is 12.7. The van der Waals surface area contributed by atoms with Gasteiger partial charge in [-0.05, 0) is 31.4 Å². The number of hydrogen-bond acceptors (Lipinski definition) is 3. The van der Waals surface area contributed by atoms with Gasteiger partial charge in [0.1, 0.15) is 0 Å². The molecule has 1 saturated heterocycles. The van der Waals surface area contributed by atoms with Crippen molar-refractivity contribution in [3.63, 3.8) is 0 Å². The molecule has 0 aliphatic carbocycles. The van der Waals surface area contributed by atoms with Gasteiger partial charge in [-0.25, -0.2) is 4.72 Å². The second-order valence-electron chi connectivity index (χ2n) is 7.14. The number of nitrogens with one attached hydrogen (secondary N) is 1. The Bertz CT molecular complexity index is 762. The molecule has 0 unspecified atom stereocenters.